The highest BCUT2D eigenvalue weighted by Gasteiger charge is 2.38. The Hall–Kier alpha value is -3.86. The van der Waals surface area contributed by atoms with Crippen molar-refractivity contribution in [3.8, 4) is 11.5 Å². The number of rotatable bonds is 8. The van der Waals surface area contributed by atoms with E-state index in [1.165, 1.54) is 0 Å². The molecule has 0 saturated heterocycles. The van der Waals surface area contributed by atoms with Gasteiger partial charge in [0, 0.05) is 30.0 Å². The van der Waals surface area contributed by atoms with Gasteiger partial charge >= 0.3 is 0 Å². The highest BCUT2D eigenvalue weighted by atomic mass is 16.5. The van der Waals surface area contributed by atoms with E-state index < -0.39 is 0 Å². The first-order chi connectivity index (χ1) is 18.0. The summed E-state index contributed by atoms with van der Waals surface area (Å²) in [4.78, 5) is 26.2. The summed E-state index contributed by atoms with van der Waals surface area (Å²) in [6.07, 6.45) is 1.33. The maximum Gasteiger partial charge on any atom is 0.225 e. The van der Waals surface area contributed by atoms with Crippen molar-refractivity contribution in [1.29, 1.82) is 0 Å². The van der Waals surface area contributed by atoms with Gasteiger partial charge in [0.2, 0.25) is 5.91 Å². The Labute approximate surface area is 218 Å². The fourth-order valence-corrected chi connectivity index (χ4v) is 5.14. The average Bonchev–Trinajstić information content (AvgIpc) is 2.91. The molecule has 0 bridgehead atoms. The van der Waals surface area contributed by atoms with Crippen LogP contribution < -0.4 is 14.8 Å². The Bertz CT molecular complexity index is 1290. The van der Waals surface area contributed by atoms with Gasteiger partial charge in [0.1, 0.15) is 18.1 Å². The molecule has 0 aromatic heterocycles. The molecule has 0 fully saturated rings. The van der Waals surface area contributed by atoms with Crippen molar-refractivity contribution in [2.75, 3.05) is 6.61 Å². The van der Waals surface area contributed by atoms with E-state index in [1.807, 2.05) is 78.9 Å². The van der Waals surface area contributed by atoms with Crippen LogP contribution in [-0.2, 0) is 16.2 Å². The van der Waals surface area contributed by atoms with Crippen molar-refractivity contribution in [1.82, 2.24) is 5.32 Å². The Morgan fingerprint density at radius 1 is 0.811 bits per heavy atom. The van der Waals surface area contributed by atoms with Crippen molar-refractivity contribution < 1.29 is 19.1 Å². The number of Topliss-reactive ketones (excluding diaryl/α,β-unsaturated/α-hetero) is 1. The molecule has 1 aliphatic heterocycles. The van der Waals surface area contributed by atoms with Gasteiger partial charge in [-0.05, 0) is 59.2 Å². The van der Waals surface area contributed by atoms with Crippen molar-refractivity contribution >= 4 is 11.7 Å². The van der Waals surface area contributed by atoms with Crippen LogP contribution >= 0.6 is 0 Å². The first-order valence-corrected chi connectivity index (χ1v) is 13.0. The summed E-state index contributed by atoms with van der Waals surface area (Å²) in [6, 6.07) is 25.8. The number of ketones is 1. The first-order valence-electron chi connectivity index (χ1n) is 13.0. The molecule has 0 saturated carbocycles. The van der Waals surface area contributed by atoms with E-state index in [4.69, 9.17) is 9.47 Å². The molecule has 1 amide bonds. The SMILES string of the molecule is CC(C)COc1ccc(C2CC(=O)C3=C(C2)NC(=O)CC3c2cccc(OCc3ccccc3)c2)cc1. The van der Waals surface area contributed by atoms with Gasteiger partial charge < -0.3 is 14.8 Å². The second-order valence-electron chi connectivity index (χ2n) is 10.3. The van der Waals surface area contributed by atoms with Crippen LogP contribution in [0.2, 0.25) is 0 Å². The molecule has 1 N–H and O–H groups in total. The minimum atomic E-state index is -0.260. The van der Waals surface area contributed by atoms with E-state index in [9.17, 15) is 9.59 Å². The molecule has 1 heterocycles. The van der Waals surface area contributed by atoms with E-state index in [0.29, 0.717) is 32.0 Å². The molecular formula is C32H33NO4. The minimum Gasteiger partial charge on any atom is -0.493 e. The third-order valence-corrected chi connectivity index (χ3v) is 6.98. The molecule has 37 heavy (non-hydrogen) atoms. The fraction of sp³-hybridized carbons (Fsp3) is 0.312. The topological polar surface area (TPSA) is 64.6 Å². The number of carbonyl (C=O) groups excluding carboxylic acids is 2. The summed E-state index contributed by atoms with van der Waals surface area (Å²) in [7, 11) is 0. The van der Waals surface area contributed by atoms with Crippen molar-refractivity contribution in [2.45, 2.75) is 51.6 Å². The number of allylic oxidation sites excluding steroid dienone is 2. The van der Waals surface area contributed by atoms with Crippen LogP contribution in [-0.4, -0.2) is 18.3 Å². The average molecular weight is 496 g/mol. The number of hydrogen-bond acceptors (Lipinski definition) is 4. The van der Waals surface area contributed by atoms with Crippen LogP contribution in [0, 0.1) is 5.92 Å². The second kappa shape index (κ2) is 11.0. The van der Waals surface area contributed by atoms with E-state index in [0.717, 1.165) is 39.5 Å². The molecule has 3 aromatic rings. The summed E-state index contributed by atoms with van der Waals surface area (Å²) in [5, 5.41) is 3.02. The van der Waals surface area contributed by atoms with Gasteiger partial charge in [0.15, 0.2) is 5.78 Å². The lowest BCUT2D eigenvalue weighted by atomic mass is 9.73. The summed E-state index contributed by atoms with van der Waals surface area (Å²) in [6.45, 7) is 5.37. The van der Waals surface area contributed by atoms with Gasteiger partial charge in [0.05, 0.1) is 6.61 Å². The van der Waals surface area contributed by atoms with Crippen LogP contribution in [0.1, 0.15) is 61.6 Å². The highest BCUT2D eigenvalue weighted by Crippen LogP contribution is 2.43. The Morgan fingerprint density at radius 3 is 2.35 bits per heavy atom. The number of benzene rings is 3. The van der Waals surface area contributed by atoms with Crippen molar-refractivity contribution in [3.05, 3.63) is 107 Å². The number of hydrogen-bond donors (Lipinski definition) is 1. The molecule has 190 valence electrons. The Balaban J connectivity index is 1.34. The largest absolute Gasteiger partial charge is 0.493 e. The number of nitrogens with one attached hydrogen (secondary N) is 1. The highest BCUT2D eigenvalue weighted by molar-refractivity contribution is 6.02. The van der Waals surface area contributed by atoms with Gasteiger partial charge in [-0.15, -0.1) is 0 Å². The molecule has 0 radical (unpaired) electrons. The van der Waals surface area contributed by atoms with Crippen LogP contribution in [0.3, 0.4) is 0 Å². The molecule has 2 atom stereocenters. The van der Waals surface area contributed by atoms with Gasteiger partial charge in [0.25, 0.3) is 0 Å². The maximum absolute atomic E-state index is 13.5. The van der Waals surface area contributed by atoms with Gasteiger partial charge in [-0.25, -0.2) is 0 Å². The smallest absolute Gasteiger partial charge is 0.225 e. The van der Waals surface area contributed by atoms with Crippen LogP contribution in [0.5, 0.6) is 11.5 Å². The Kier molecular flexibility index (Phi) is 7.40. The van der Waals surface area contributed by atoms with E-state index >= 15 is 0 Å². The fourth-order valence-electron chi connectivity index (χ4n) is 5.14. The lowest BCUT2D eigenvalue weighted by Gasteiger charge is -2.34. The molecule has 1 aliphatic carbocycles. The summed E-state index contributed by atoms with van der Waals surface area (Å²) in [5.74, 6) is 1.85. The standard InChI is InChI=1S/C32H33NO4/c1-21(2)19-36-26-13-11-23(12-14-26)25-16-29-32(30(34)17-25)28(18-31(35)33-29)24-9-6-10-27(15-24)37-20-22-7-4-3-5-8-22/h3-15,21,25,28H,16-20H2,1-2H3,(H,33,35). The zero-order valence-corrected chi connectivity index (χ0v) is 21.4. The van der Waals surface area contributed by atoms with Gasteiger partial charge in [-0.2, -0.15) is 0 Å². The number of carbonyl (C=O) groups is 2. The molecule has 2 unspecified atom stereocenters. The van der Waals surface area contributed by atoms with Crippen molar-refractivity contribution in [3.63, 3.8) is 0 Å². The Morgan fingerprint density at radius 2 is 1.59 bits per heavy atom. The lowest BCUT2D eigenvalue weighted by Crippen LogP contribution is -2.38. The zero-order chi connectivity index (χ0) is 25.8. The van der Waals surface area contributed by atoms with E-state index in [-0.39, 0.29) is 29.9 Å². The molecule has 5 nitrogen and oxygen atoms in total. The van der Waals surface area contributed by atoms with Crippen LogP contribution in [0.4, 0.5) is 0 Å². The number of amides is 1. The molecule has 2 aliphatic rings. The van der Waals surface area contributed by atoms with Crippen LogP contribution in [0.15, 0.2) is 90.1 Å². The van der Waals surface area contributed by atoms with Crippen LogP contribution in [0.25, 0.3) is 0 Å². The predicted molar refractivity (Wildman–Crippen MR) is 143 cm³/mol. The van der Waals surface area contributed by atoms with E-state index in [2.05, 4.69) is 19.2 Å². The predicted octanol–water partition coefficient (Wildman–Crippen LogP) is 6.30. The minimum absolute atomic E-state index is 0.0324. The third-order valence-electron chi connectivity index (χ3n) is 6.98. The monoisotopic (exact) mass is 495 g/mol. The van der Waals surface area contributed by atoms with Crippen molar-refractivity contribution in [2.24, 2.45) is 5.92 Å². The number of ether oxygens (including phenoxy) is 2. The molecule has 5 heteroatoms. The van der Waals surface area contributed by atoms with E-state index in [1.54, 1.807) is 0 Å². The first kappa shape index (κ1) is 24.8. The maximum atomic E-state index is 13.5. The molecule has 0 spiro atoms. The normalized spacial score (nSPS) is 19.4. The molecule has 3 aromatic carbocycles. The van der Waals surface area contributed by atoms with Gasteiger partial charge in [-0.3, -0.25) is 9.59 Å². The molecule has 5 rings (SSSR count). The molecular weight excluding hydrogens is 462 g/mol. The van der Waals surface area contributed by atoms with Gasteiger partial charge in [-0.1, -0.05) is 68.4 Å². The second-order valence-corrected chi connectivity index (χ2v) is 10.3. The summed E-state index contributed by atoms with van der Waals surface area (Å²) < 4.78 is 11.8. The quantitative estimate of drug-likeness (QED) is 0.398. The lowest BCUT2D eigenvalue weighted by molar-refractivity contribution is -0.122. The third kappa shape index (κ3) is 5.93. The zero-order valence-electron chi connectivity index (χ0n) is 21.4. The summed E-state index contributed by atoms with van der Waals surface area (Å²) >= 11 is 0. The summed E-state index contributed by atoms with van der Waals surface area (Å²) in [5.41, 5.74) is 4.62.